The van der Waals surface area contributed by atoms with Gasteiger partial charge in [-0.25, -0.2) is 4.79 Å². The van der Waals surface area contributed by atoms with Gasteiger partial charge in [-0.05, 0) is 26.8 Å². The number of hydrogen-bond acceptors (Lipinski definition) is 5. The molecule has 0 bridgehead atoms. The lowest BCUT2D eigenvalue weighted by Crippen LogP contribution is -2.32. The Bertz CT molecular complexity index is 386. The van der Waals surface area contributed by atoms with Crippen molar-refractivity contribution in [1.82, 2.24) is 5.32 Å². The lowest BCUT2D eigenvalue weighted by Gasteiger charge is -2.19. The summed E-state index contributed by atoms with van der Waals surface area (Å²) in [7, 11) is -1.46. The second-order valence-electron chi connectivity index (χ2n) is 4.53. The Morgan fingerprint density at radius 1 is 1.47 bits per heavy atom. The average Bonchev–Trinajstić information content (AvgIpc) is 2.60. The van der Waals surface area contributed by atoms with E-state index >= 15 is 0 Å². The summed E-state index contributed by atoms with van der Waals surface area (Å²) in [6, 6.07) is 3.35. The lowest BCUT2D eigenvalue weighted by molar-refractivity contribution is 0.0524. The van der Waals surface area contributed by atoms with E-state index in [1.54, 1.807) is 32.9 Å². The Labute approximate surface area is 105 Å². The van der Waals surface area contributed by atoms with E-state index in [0.29, 0.717) is 11.3 Å². The molecule has 7 heteroatoms. The van der Waals surface area contributed by atoms with Gasteiger partial charge >= 0.3 is 13.2 Å². The molecule has 0 radical (unpaired) electrons. The molecule has 1 rings (SSSR count). The van der Waals surface area contributed by atoms with Gasteiger partial charge in [-0.15, -0.1) is 11.3 Å². The first-order chi connectivity index (χ1) is 7.78. The molecule has 17 heavy (non-hydrogen) atoms. The van der Waals surface area contributed by atoms with Crippen molar-refractivity contribution in [3.8, 4) is 0 Å². The van der Waals surface area contributed by atoms with Gasteiger partial charge in [-0.2, -0.15) is 0 Å². The summed E-state index contributed by atoms with van der Waals surface area (Å²) >= 11 is 1.23. The number of carbonyl (C=O) groups excluding carboxylic acids is 1. The third-order valence-corrected chi connectivity index (χ3v) is 2.87. The number of amides is 1. The average molecular weight is 257 g/mol. The monoisotopic (exact) mass is 257 g/mol. The fourth-order valence-corrected chi connectivity index (χ4v) is 1.93. The predicted octanol–water partition coefficient (Wildman–Crippen LogP) is 0.453. The van der Waals surface area contributed by atoms with E-state index in [0.717, 1.165) is 4.88 Å². The third kappa shape index (κ3) is 5.21. The van der Waals surface area contributed by atoms with Crippen molar-refractivity contribution in [1.29, 1.82) is 0 Å². The van der Waals surface area contributed by atoms with Gasteiger partial charge in [0.2, 0.25) is 0 Å². The second kappa shape index (κ2) is 5.53. The van der Waals surface area contributed by atoms with Crippen LogP contribution in [-0.2, 0) is 11.3 Å². The van der Waals surface area contributed by atoms with Crippen LogP contribution < -0.4 is 10.1 Å². The molecule has 0 aliphatic carbocycles. The van der Waals surface area contributed by atoms with Crippen LogP contribution in [0.4, 0.5) is 4.79 Å². The molecule has 1 aromatic heterocycles. The lowest BCUT2D eigenvalue weighted by atomic mass is 9.90. The molecular weight excluding hydrogens is 241 g/mol. The maximum Gasteiger partial charge on any atom is 0.499 e. The van der Waals surface area contributed by atoms with Gasteiger partial charge in [0.05, 0.1) is 6.54 Å². The number of alkyl carbamates (subject to hydrolysis) is 1. The standard InChI is InChI=1S/C10H16BNO4S/c1-10(2,3)16-9(13)12-6-7-4-5-8(17-7)11(14)15/h4-5,14-15H,6H2,1-3H3,(H,12,13). The van der Waals surface area contributed by atoms with Crippen LogP contribution in [0.15, 0.2) is 12.1 Å². The Hall–Kier alpha value is -1.05. The van der Waals surface area contributed by atoms with Crippen LogP contribution in [0.1, 0.15) is 25.6 Å². The van der Waals surface area contributed by atoms with Gasteiger partial charge in [0.25, 0.3) is 0 Å². The number of carbonyl (C=O) groups is 1. The first-order valence-electron chi connectivity index (χ1n) is 5.19. The fraction of sp³-hybridized carbons (Fsp3) is 0.500. The summed E-state index contributed by atoms with van der Waals surface area (Å²) in [6.45, 7) is 5.68. The van der Waals surface area contributed by atoms with Crippen LogP contribution in [-0.4, -0.2) is 28.9 Å². The smallest absolute Gasteiger partial charge is 0.444 e. The SMILES string of the molecule is CC(C)(C)OC(=O)NCc1ccc(B(O)O)s1. The predicted molar refractivity (Wildman–Crippen MR) is 67.2 cm³/mol. The van der Waals surface area contributed by atoms with Gasteiger partial charge in [0.1, 0.15) is 5.60 Å². The van der Waals surface area contributed by atoms with Gasteiger partial charge in [-0.1, -0.05) is 6.07 Å². The maximum absolute atomic E-state index is 11.3. The highest BCUT2D eigenvalue weighted by molar-refractivity contribution is 7.22. The van der Waals surface area contributed by atoms with Gasteiger partial charge in [0.15, 0.2) is 0 Å². The molecule has 0 saturated carbocycles. The van der Waals surface area contributed by atoms with E-state index in [1.165, 1.54) is 11.3 Å². The van der Waals surface area contributed by atoms with E-state index in [4.69, 9.17) is 14.8 Å². The van der Waals surface area contributed by atoms with Crippen LogP contribution >= 0.6 is 11.3 Å². The van der Waals surface area contributed by atoms with Crippen molar-refractivity contribution in [2.45, 2.75) is 32.9 Å². The minimum Gasteiger partial charge on any atom is -0.444 e. The zero-order valence-corrected chi connectivity index (χ0v) is 10.9. The highest BCUT2D eigenvalue weighted by Crippen LogP contribution is 2.09. The molecule has 5 nitrogen and oxygen atoms in total. The molecule has 0 saturated heterocycles. The van der Waals surface area contributed by atoms with Crippen molar-refractivity contribution in [2.75, 3.05) is 0 Å². The summed E-state index contributed by atoms with van der Waals surface area (Å²) in [5.41, 5.74) is -0.522. The molecule has 0 aliphatic rings. The van der Waals surface area contributed by atoms with Crippen LogP contribution in [0.25, 0.3) is 0 Å². The van der Waals surface area contributed by atoms with Crippen LogP contribution in [0, 0.1) is 0 Å². The number of hydrogen-bond donors (Lipinski definition) is 3. The number of rotatable bonds is 3. The van der Waals surface area contributed by atoms with Gasteiger partial charge < -0.3 is 20.1 Å². The first-order valence-corrected chi connectivity index (χ1v) is 6.01. The zero-order valence-electron chi connectivity index (χ0n) is 10.1. The van der Waals surface area contributed by atoms with E-state index < -0.39 is 18.8 Å². The van der Waals surface area contributed by atoms with E-state index in [1.807, 2.05) is 0 Å². The Balaban J connectivity index is 2.42. The van der Waals surface area contributed by atoms with Crippen molar-refractivity contribution < 1.29 is 19.6 Å². The topological polar surface area (TPSA) is 78.8 Å². The molecule has 0 aliphatic heterocycles. The summed E-state index contributed by atoms with van der Waals surface area (Å²) in [5.74, 6) is 0. The molecular formula is C10H16BNO4S. The highest BCUT2D eigenvalue weighted by atomic mass is 32.1. The highest BCUT2D eigenvalue weighted by Gasteiger charge is 2.17. The summed E-state index contributed by atoms with van der Waals surface area (Å²) in [6.07, 6.45) is -0.489. The molecule has 94 valence electrons. The molecule has 0 unspecified atom stereocenters. The summed E-state index contributed by atoms with van der Waals surface area (Å²) < 4.78 is 5.52. The van der Waals surface area contributed by atoms with Crippen molar-refractivity contribution in [3.05, 3.63) is 17.0 Å². The van der Waals surface area contributed by atoms with Crippen LogP contribution in [0.5, 0.6) is 0 Å². The Kier molecular flexibility index (Phi) is 4.56. The molecule has 1 aromatic rings. The molecule has 0 atom stereocenters. The maximum atomic E-state index is 11.3. The third-order valence-electron chi connectivity index (χ3n) is 1.74. The molecule has 0 fully saturated rings. The van der Waals surface area contributed by atoms with E-state index in [2.05, 4.69) is 5.32 Å². The van der Waals surface area contributed by atoms with Crippen molar-refractivity contribution in [3.63, 3.8) is 0 Å². The van der Waals surface area contributed by atoms with E-state index in [9.17, 15) is 4.79 Å². The normalized spacial score (nSPS) is 11.1. The fourth-order valence-electron chi connectivity index (χ4n) is 1.10. The van der Waals surface area contributed by atoms with Crippen LogP contribution in [0.2, 0.25) is 0 Å². The van der Waals surface area contributed by atoms with Crippen molar-refractivity contribution in [2.24, 2.45) is 0 Å². The van der Waals surface area contributed by atoms with Gasteiger partial charge in [0, 0.05) is 9.65 Å². The molecule has 3 N–H and O–H groups in total. The molecule has 0 aromatic carbocycles. The summed E-state index contributed by atoms with van der Waals surface area (Å²) in [4.78, 5) is 12.2. The zero-order chi connectivity index (χ0) is 13.1. The van der Waals surface area contributed by atoms with Crippen molar-refractivity contribution >= 4 is 29.3 Å². The Morgan fingerprint density at radius 3 is 2.59 bits per heavy atom. The molecule has 0 spiro atoms. The largest absolute Gasteiger partial charge is 0.499 e. The first kappa shape index (κ1) is 14.0. The number of nitrogens with one attached hydrogen (secondary N) is 1. The quantitative estimate of drug-likeness (QED) is 0.687. The molecule has 1 heterocycles. The van der Waals surface area contributed by atoms with Gasteiger partial charge in [-0.3, -0.25) is 0 Å². The van der Waals surface area contributed by atoms with E-state index in [-0.39, 0.29) is 0 Å². The van der Waals surface area contributed by atoms with Crippen LogP contribution in [0.3, 0.4) is 0 Å². The molecule has 1 amide bonds. The second-order valence-corrected chi connectivity index (χ2v) is 5.73. The summed E-state index contributed by atoms with van der Waals surface area (Å²) in [5, 5.41) is 20.4. The minimum absolute atomic E-state index is 0.312. The number of thiophene rings is 1. The number of ether oxygens (including phenoxy) is 1. The minimum atomic E-state index is -1.46. The Morgan fingerprint density at radius 2 is 2.12 bits per heavy atom.